The topological polar surface area (TPSA) is 102 Å². The van der Waals surface area contributed by atoms with Gasteiger partial charge in [-0.05, 0) is 11.6 Å². The minimum Gasteiger partial charge on any atom is -0.496 e. The summed E-state index contributed by atoms with van der Waals surface area (Å²) >= 11 is 0. The molecule has 0 saturated carbocycles. The largest absolute Gasteiger partial charge is 0.496 e. The molecule has 0 saturated heterocycles. The van der Waals surface area contributed by atoms with Crippen molar-refractivity contribution >= 4 is 11.7 Å². The van der Waals surface area contributed by atoms with Crippen LogP contribution in [0.3, 0.4) is 0 Å². The highest BCUT2D eigenvalue weighted by atomic mass is 16.5. The van der Waals surface area contributed by atoms with E-state index in [0.717, 1.165) is 11.1 Å². The van der Waals surface area contributed by atoms with Gasteiger partial charge in [0, 0.05) is 24.9 Å². The Morgan fingerprint density at radius 3 is 2.70 bits per heavy atom. The Hall–Kier alpha value is -1.92. The van der Waals surface area contributed by atoms with Crippen LogP contribution < -0.4 is 15.8 Å². The fraction of sp³-hybridized carbons (Fsp3) is 0.429. The molecule has 1 rings (SSSR count). The maximum atomic E-state index is 11.6. The van der Waals surface area contributed by atoms with Gasteiger partial charge in [-0.15, -0.1) is 0 Å². The molecule has 1 aromatic rings. The number of nitrogens with two attached hydrogens (primary N) is 1. The number of benzene rings is 1. The monoisotopic (exact) mass is 280 g/mol. The minimum atomic E-state index is -0.208. The molecule has 0 heterocycles. The van der Waals surface area contributed by atoms with E-state index < -0.39 is 0 Å². The summed E-state index contributed by atoms with van der Waals surface area (Å²) in [6, 6.07) is 5.27. The summed E-state index contributed by atoms with van der Waals surface area (Å²) in [7, 11) is 1.53. The van der Waals surface area contributed by atoms with Crippen LogP contribution >= 0.6 is 0 Å². The third-order valence-electron chi connectivity index (χ3n) is 2.87. The van der Waals surface area contributed by atoms with Gasteiger partial charge in [-0.1, -0.05) is 12.1 Å². The van der Waals surface area contributed by atoms with Gasteiger partial charge in [0.15, 0.2) is 0 Å². The zero-order valence-corrected chi connectivity index (χ0v) is 11.5. The Balaban J connectivity index is 2.52. The van der Waals surface area contributed by atoms with Crippen LogP contribution in [0.1, 0.15) is 24.0 Å². The molecule has 0 atom stereocenters. The third-order valence-corrected chi connectivity index (χ3v) is 2.87. The molecule has 6 heteroatoms. The van der Waals surface area contributed by atoms with E-state index in [9.17, 15) is 9.59 Å². The highest BCUT2D eigenvalue weighted by Gasteiger charge is 2.08. The lowest BCUT2D eigenvalue weighted by Crippen LogP contribution is -2.24. The van der Waals surface area contributed by atoms with Crippen molar-refractivity contribution in [3.05, 3.63) is 29.3 Å². The summed E-state index contributed by atoms with van der Waals surface area (Å²) < 4.78 is 5.20. The number of aliphatic hydroxyl groups is 1. The molecule has 6 nitrogen and oxygen atoms in total. The Labute approximate surface area is 117 Å². The number of ketones is 1. The van der Waals surface area contributed by atoms with Crippen LogP contribution in [0.15, 0.2) is 18.2 Å². The predicted molar refractivity (Wildman–Crippen MR) is 74.1 cm³/mol. The average molecular weight is 280 g/mol. The molecule has 4 N–H and O–H groups in total. The normalized spacial score (nSPS) is 10.2. The fourth-order valence-electron chi connectivity index (χ4n) is 1.67. The molecule has 0 radical (unpaired) electrons. The second kappa shape index (κ2) is 8.29. The fourth-order valence-corrected chi connectivity index (χ4v) is 1.67. The summed E-state index contributed by atoms with van der Waals surface area (Å²) in [5.74, 6) is 0.264. The number of aliphatic hydroxyl groups excluding tert-OH is 1. The van der Waals surface area contributed by atoms with Crippen molar-refractivity contribution in [3.8, 4) is 5.75 Å². The molecule has 0 aliphatic heterocycles. The highest BCUT2D eigenvalue weighted by molar-refractivity contribution is 5.85. The van der Waals surface area contributed by atoms with Crippen LogP contribution in [0.25, 0.3) is 0 Å². The molecule has 0 aliphatic rings. The maximum absolute atomic E-state index is 11.6. The van der Waals surface area contributed by atoms with Gasteiger partial charge in [0.2, 0.25) is 5.91 Å². The summed E-state index contributed by atoms with van der Waals surface area (Å²) in [5, 5.41) is 11.8. The number of amides is 1. The summed E-state index contributed by atoms with van der Waals surface area (Å²) in [6.07, 6.45) is 0.288. The van der Waals surface area contributed by atoms with Crippen LogP contribution in [-0.4, -0.2) is 30.5 Å². The minimum absolute atomic E-state index is 0.0380. The lowest BCUT2D eigenvalue weighted by atomic mass is 10.1. The van der Waals surface area contributed by atoms with E-state index in [0.29, 0.717) is 12.3 Å². The van der Waals surface area contributed by atoms with Crippen molar-refractivity contribution < 1.29 is 19.4 Å². The van der Waals surface area contributed by atoms with Crippen LogP contribution in [0.2, 0.25) is 0 Å². The van der Waals surface area contributed by atoms with Crippen molar-refractivity contribution in [2.45, 2.75) is 26.0 Å². The van der Waals surface area contributed by atoms with E-state index in [4.69, 9.17) is 15.6 Å². The first kappa shape index (κ1) is 16.1. The van der Waals surface area contributed by atoms with Gasteiger partial charge in [0.25, 0.3) is 0 Å². The molecule has 110 valence electrons. The Morgan fingerprint density at radius 1 is 1.35 bits per heavy atom. The van der Waals surface area contributed by atoms with Crippen LogP contribution in [0, 0.1) is 0 Å². The lowest BCUT2D eigenvalue weighted by Gasteiger charge is -2.11. The molecular formula is C14H20N2O4. The van der Waals surface area contributed by atoms with E-state index in [1.54, 1.807) is 18.2 Å². The van der Waals surface area contributed by atoms with E-state index in [2.05, 4.69) is 5.32 Å². The standard InChI is InChI=1S/C14H20N2O4/c1-20-13-6-10(9-17)2-3-11(13)8-16-14(19)5-4-12(18)7-15/h2-3,6,17H,4-5,7-9,15H2,1H3,(H,16,19). The molecule has 0 fully saturated rings. The Bertz CT molecular complexity index is 474. The van der Waals surface area contributed by atoms with Crippen molar-refractivity contribution in [2.24, 2.45) is 5.73 Å². The molecule has 1 amide bonds. The second-order valence-corrected chi connectivity index (χ2v) is 4.32. The number of carbonyl (C=O) groups is 2. The number of hydrogen-bond donors (Lipinski definition) is 3. The molecule has 20 heavy (non-hydrogen) atoms. The number of ether oxygens (including phenoxy) is 1. The number of nitrogens with one attached hydrogen (secondary N) is 1. The Morgan fingerprint density at radius 2 is 2.10 bits per heavy atom. The molecule has 0 aliphatic carbocycles. The highest BCUT2D eigenvalue weighted by Crippen LogP contribution is 2.20. The lowest BCUT2D eigenvalue weighted by molar-refractivity contribution is -0.125. The summed E-state index contributed by atoms with van der Waals surface area (Å²) in [5.41, 5.74) is 6.72. The average Bonchev–Trinajstić information content (AvgIpc) is 2.50. The first-order valence-corrected chi connectivity index (χ1v) is 6.35. The van der Waals surface area contributed by atoms with Gasteiger partial charge >= 0.3 is 0 Å². The quantitative estimate of drug-likeness (QED) is 0.627. The predicted octanol–water partition coefficient (Wildman–Crippen LogP) is 0.112. The van der Waals surface area contributed by atoms with E-state index in [-0.39, 0.29) is 37.7 Å². The SMILES string of the molecule is COc1cc(CO)ccc1CNC(=O)CCC(=O)CN. The van der Waals surface area contributed by atoms with Gasteiger partial charge in [-0.3, -0.25) is 9.59 Å². The van der Waals surface area contributed by atoms with Crippen molar-refractivity contribution in [2.75, 3.05) is 13.7 Å². The first-order valence-electron chi connectivity index (χ1n) is 6.35. The summed E-state index contributed by atoms with van der Waals surface area (Å²) in [4.78, 5) is 22.6. The van der Waals surface area contributed by atoms with Crippen LogP contribution in [0.5, 0.6) is 5.75 Å². The van der Waals surface area contributed by atoms with E-state index in [1.165, 1.54) is 7.11 Å². The first-order chi connectivity index (χ1) is 9.60. The number of methoxy groups -OCH3 is 1. The van der Waals surface area contributed by atoms with Crippen molar-refractivity contribution in [1.29, 1.82) is 0 Å². The molecule has 0 aromatic heterocycles. The van der Waals surface area contributed by atoms with Crippen LogP contribution in [0.4, 0.5) is 0 Å². The number of carbonyl (C=O) groups excluding carboxylic acids is 2. The second-order valence-electron chi connectivity index (χ2n) is 4.32. The van der Waals surface area contributed by atoms with E-state index in [1.807, 2.05) is 0 Å². The molecule has 1 aromatic carbocycles. The number of Topliss-reactive ketones (excluding diaryl/α,β-unsaturated/α-hetero) is 1. The van der Waals surface area contributed by atoms with Gasteiger partial charge in [0.1, 0.15) is 11.5 Å². The molecule has 0 spiro atoms. The number of rotatable bonds is 8. The number of hydrogen-bond acceptors (Lipinski definition) is 5. The Kier molecular flexibility index (Phi) is 6.69. The van der Waals surface area contributed by atoms with Gasteiger partial charge in [-0.25, -0.2) is 0 Å². The van der Waals surface area contributed by atoms with E-state index >= 15 is 0 Å². The van der Waals surface area contributed by atoms with Gasteiger partial charge in [-0.2, -0.15) is 0 Å². The third kappa shape index (κ3) is 4.99. The van der Waals surface area contributed by atoms with Crippen molar-refractivity contribution in [3.63, 3.8) is 0 Å². The molecule has 0 unspecified atom stereocenters. The zero-order valence-electron chi connectivity index (χ0n) is 11.5. The molecular weight excluding hydrogens is 260 g/mol. The maximum Gasteiger partial charge on any atom is 0.220 e. The zero-order chi connectivity index (χ0) is 15.0. The van der Waals surface area contributed by atoms with Gasteiger partial charge < -0.3 is 20.9 Å². The van der Waals surface area contributed by atoms with Crippen molar-refractivity contribution in [1.82, 2.24) is 5.32 Å². The molecule has 0 bridgehead atoms. The smallest absolute Gasteiger partial charge is 0.220 e. The summed E-state index contributed by atoms with van der Waals surface area (Å²) in [6.45, 7) is 0.207. The van der Waals surface area contributed by atoms with Crippen LogP contribution in [-0.2, 0) is 22.7 Å². The van der Waals surface area contributed by atoms with Gasteiger partial charge in [0.05, 0.1) is 20.3 Å².